The van der Waals surface area contributed by atoms with E-state index in [0.29, 0.717) is 13.2 Å². The molecular formula is C17H30O4. The Kier molecular flexibility index (Phi) is 4.11. The lowest BCUT2D eigenvalue weighted by Gasteiger charge is -2.58. The molecule has 2 N–H and O–H groups in total. The van der Waals surface area contributed by atoms with Crippen LogP contribution in [0.25, 0.3) is 0 Å². The van der Waals surface area contributed by atoms with Gasteiger partial charge in [-0.2, -0.15) is 0 Å². The highest BCUT2D eigenvalue weighted by Gasteiger charge is 2.59. The van der Waals surface area contributed by atoms with Crippen molar-refractivity contribution in [1.29, 1.82) is 0 Å². The molecule has 122 valence electrons. The predicted molar refractivity (Wildman–Crippen MR) is 79.6 cm³/mol. The summed E-state index contributed by atoms with van der Waals surface area (Å²) in [5.41, 5.74) is 0.172. The summed E-state index contributed by atoms with van der Waals surface area (Å²) in [6, 6.07) is 0. The van der Waals surface area contributed by atoms with E-state index in [1.54, 1.807) is 0 Å². The van der Waals surface area contributed by atoms with Gasteiger partial charge in [-0.25, -0.2) is 0 Å². The van der Waals surface area contributed by atoms with E-state index in [1.807, 2.05) is 6.92 Å². The van der Waals surface area contributed by atoms with Crippen LogP contribution in [0.5, 0.6) is 0 Å². The van der Waals surface area contributed by atoms with Crippen LogP contribution < -0.4 is 0 Å². The molecule has 2 saturated carbocycles. The van der Waals surface area contributed by atoms with Crippen molar-refractivity contribution in [2.24, 2.45) is 29.1 Å². The van der Waals surface area contributed by atoms with Crippen molar-refractivity contribution in [1.82, 2.24) is 0 Å². The Morgan fingerprint density at radius 3 is 2.48 bits per heavy atom. The van der Waals surface area contributed by atoms with E-state index in [1.165, 1.54) is 0 Å². The van der Waals surface area contributed by atoms with E-state index in [4.69, 9.17) is 9.47 Å². The third-order valence-corrected chi connectivity index (χ3v) is 6.73. The fraction of sp³-hybridized carbons (Fsp3) is 1.00. The maximum atomic E-state index is 11.0. The Hall–Kier alpha value is -0.160. The van der Waals surface area contributed by atoms with Gasteiger partial charge in [-0.1, -0.05) is 20.8 Å². The molecule has 0 aromatic heterocycles. The lowest BCUT2D eigenvalue weighted by atomic mass is 9.51. The molecule has 0 amide bonds. The second kappa shape index (κ2) is 5.48. The molecule has 1 heterocycles. The molecule has 1 saturated heterocycles. The lowest BCUT2D eigenvalue weighted by Crippen LogP contribution is -2.59. The molecule has 2 aliphatic carbocycles. The second-order valence-electron chi connectivity index (χ2n) is 7.83. The van der Waals surface area contributed by atoms with Gasteiger partial charge in [0.2, 0.25) is 0 Å². The summed E-state index contributed by atoms with van der Waals surface area (Å²) >= 11 is 0. The van der Waals surface area contributed by atoms with Crippen molar-refractivity contribution in [2.45, 2.75) is 58.3 Å². The van der Waals surface area contributed by atoms with Gasteiger partial charge in [-0.3, -0.25) is 0 Å². The lowest BCUT2D eigenvalue weighted by molar-refractivity contribution is -0.266. The average Bonchev–Trinajstić information content (AvgIpc) is 2.93. The summed E-state index contributed by atoms with van der Waals surface area (Å²) in [5.74, 6) is 0.252. The molecule has 0 bridgehead atoms. The van der Waals surface area contributed by atoms with Crippen LogP contribution in [-0.4, -0.2) is 41.9 Å². The maximum Gasteiger partial charge on any atom is 0.171 e. The van der Waals surface area contributed by atoms with Crippen LogP contribution in [0.2, 0.25) is 0 Å². The second-order valence-corrected chi connectivity index (χ2v) is 7.83. The molecule has 0 radical (unpaired) electrons. The standard InChI is InChI=1S/C17H30O4/c1-11(10-18)13-4-5-16(3)6-7-17(20-8-9-21-17)12(2)14(16)15(13)19/h11-15,18-19H,4-10H2,1-3H3/t11-,12-,13+,14+,15+,16+/m1/s1. The third kappa shape index (κ3) is 2.35. The number of hydrogen-bond donors (Lipinski definition) is 2. The minimum absolute atomic E-state index is 0.150. The fourth-order valence-electron chi connectivity index (χ4n) is 5.30. The number of ether oxygens (including phenoxy) is 2. The molecule has 21 heavy (non-hydrogen) atoms. The maximum absolute atomic E-state index is 11.0. The summed E-state index contributed by atoms with van der Waals surface area (Å²) in [4.78, 5) is 0. The van der Waals surface area contributed by atoms with Gasteiger partial charge in [0.25, 0.3) is 0 Å². The first-order valence-corrected chi connectivity index (χ1v) is 8.50. The molecular weight excluding hydrogens is 268 g/mol. The van der Waals surface area contributed by atoms with Crippen molar-refractivity contribution < 1.29 is 19.7 Å². The minimum Gasteiger partial charge on any atom is -0.396 e. The summed E-state index contributed by atoms with van der Waals surface area (Å²) < 4.78 is 12.0. The monoisotopic (exact) mass is 298 g/mol. The molecule has 4 nitrogen and oxygen atoms in total. The highest BCUT2D eigenvalue weighted by atomic mass is 16.7. The van der Waals surface area contributed by atoms with Crippen LogP contribution in [-0.2, 0) is 9.47 Å². The average molecular weight is 298 g/mol. The first-order chi connectivity index (χ1) is 9.93. The number of aliphatic hydroxyl groups excluding tert-OH is 2. The van der Waals surface area contributed by atoms with Crippen molar-refractivity contribution in [2.75, 3.05) is 19.8 Å². The van der Waals surface area contributed by atoms with Gasteiger partial charge in [0, 0.05) is 18.9 Å². The molecule has 0 unspecified atom stereocenters. The summed E-state index contributed by atoms with van der Waals surface area (Å²) in [7, 11) is 0. The Morgan fingerprint density at radius 2 is 1.86 bits per heavy atom. The third-order valence-electron chi connectivity index (χ3n) is 6.73. The van der Waals surface area contributed by atoms with Gasteiger partial charge in [-0.15, -0.1) is 0 Å². The van der Waals surface area contributed by atoms with Crippen molar-refractivity contribution >= 4 is 0 Å². The van der Waals surface area contributed by atoms with E-state index in [-0.39, 0.29) is 41.8 Å². The van der Waals surface area contributed by atoms with Crippen LogP contribution in [0.15, 0.2) is 0 Å². The number of aliphatic hydroxyl groups is 2. The summed E-state index contributed by atoms with van der Waals surface area (Å²) in [6.45, 7) is 8.03. The molecule has 0 aromatic carbocycles. The number of rotatable bonds is 2. The number of hydrogen-bond acceptors (Lipinski definition) is 4. The molecule has 1 aliphatic heterocycles. The Bertz CT molecular complexity index is 379. The predicted octanol–water partition coefficient (Wildman–Crippen LogP) is 2.18. The van der Waals surface area contributed by atoms with Gasteiger partial charge >= 0.3 is 0 Å². The summed E-state index contributed by atoms with van der Waals surface area (Å²) in [6.07, 6.45) is 3.76. The van der Waals surface area contributed by atoms with E-state index in [0.717, 1.165) is 25.7 Å². The van der Waals surface area contributed by atoms with Crippen LogP contribution >= 0.6 is 0 Å². The smallest absolute Gasteiger partial charge is 0.171 e. The van der Waals surface area contributed by atoms with Gasteiger partial charge in [0.05, 0.1) is 19.3 Å². The van der Waals surface area contributed by atoms with Gasteiger partial charge in [0.1, 0.15) is 0 Å². The zero-order chi connectivity index (χ0) is 15.3. The van der Waals surface area contributed by atoms with Crippen molar-refractivity contribution in [3.8, 4) is 0 Å². The van der Waals surface area contributed by atoms with E-state index in [2.05, 4.69) is 13.8 Å². The van der Waals surface area contributed by atoms with E-state index in [9.17, 15) is 10.2 Å². The first-order valence-electron chi connectivity index (χ1n) is 8.50. The van der Waals surface area contributed by atoms with Gasteiger partial charge in [0.15, 0.2) is 5.79 Å². The molecule has 1 spiro atoms. The highest BCUT2D eigenvalue weighted by Crippen LogP contribution is 2.59. The molecule has 4 heteroatoms. The molecule has 3 rings (SSSR count). The minimum atomic E-state index is -0.477. The van der Waals surface area contributed by atoms with Crippen LogP contribution in [0, 0.1) is 29.1 Å². The van der Waals surface area contributed by atoms with E-state index < -0.39 is 5.79 Å². The zero-order valence-corrected chi connectivity index (χ0v) is 13.5. The first kappa shape index (κ1) is 15.7. The van der Waals surface area contributed by atoms with E-state index >= 15 is 0 Å². The fourth-order valence-corrected chi connectivity index (χ4v) is 5.30. The molecule has 0 aromatic rings. The quantitative estimate of drug-likeness (QED) is 0.820. The van der Waals surface area contributed by atoms with Gasteiger partial charge < -0.3 is 19.7 Å². The van der Waals surface area contributed by atoms with Crippen LogP contribution in [0.3, 0.4) is 0 Å². The molecule has 6 atom stereocenters. The molecule has 3 fully saturated rings. The highest BCUT2D eigenvalue weighted by molar-refractivity contribution is 5.05. The van der Waals surface area contributed by atoms with Gasteiger partial charge in [-0.05, 0) is 42.4 Å². The van der Waals surface area contributed by atoms with Crippen molar-refractivity contribution in [3.63, 3.8) is 0 Å². The van der Waals surface area contributed by atoms with Crippen molar-refractivity contribution in [3.05, 3.63) is 0 Å². The molecule has 3 aliphatic rings. The number of fused-ring (bicyclic) bond motifs is 1. The summed E-state index contributed by atoms with van der Waals surface area (Å²) in [5, 5.41) is 20.5. The SMILES string of the molecule is C[C@H](CO)[C@@H]1CC[C@@]2(C)CCC3(OCCO3)[C@H](C)[C@H]2[C@H]1O. The van der Waals surface area contributed by atoms with Crippen LogP contribution in [0.4, 0.5) is 0 Å². The Balaban J connectivity index is 1.87. The topological polar surface area (TPSA) is 58.9 Å². The van der Waals surface area contributed by atoms with Crippen LogP contribution in [0.1, 0.15) is 46.5 Å². The largest absolute Gasteiger partial charge is 0.396 e. The Morgan fingerprint density at radius 1 is 1.19 bits per heavy atom. The Labute approximate surface area is 127 Å². The normalized spacial score (nSPS) is 47.3. The zero-order valence-electron chi connectivity index (χ0n) is 13.5.